The Bertz CT molecular complexity index is 446. The zero-order chi connectivity index (χ0) is 10.2. The van der Waals surface area contributed by atoms with E-state index in [0.29, 0.717) is 18.8 Å². The molecule has 1 aliphatic rings. The Kier molecular flexibility index (Phi) is 2.50. The summed E-state index contributed by atoms with van der Waals surface area (Å²) >= 11 is 3.32. The highest BCUT2D eigenvalue weighted by Gasteiger charge is 2.28. The second-order valence-corrected chi connectivity index (χ2v) is 5.46. The predicted octanol–water partition coefficient (Wildman–Crippen LogP) is 1.10. The van der Waals surface area contributed by atoms with Crippen LogP contribution in [0.2, 0.25) is 0 Å². The number of hydrogen-bond acceptors (Lipinski definition) is 2. The van der Waals surface area contributed by atoms with Crippen LogP contribution in [0, 0.1) is 0 Å². The molecule has 0 spiro atoms. The fraction of sp³-hybridized carbons (Fsp3) is 0.250. The fourth-order valence-corrected chi connectivity index (χ4v) is 3.25. The first-order chi connectivity index (χ1) is 6.61. The number of rotatable bonds is 1. The molecular weight excluding hydrogens is 268 g/mol. The van der Waals surface area contributed by atoms with Gasteiger partial charge in [-0.2, -0.15) is 13.1 Å². The molecule has 1 aliphatic heterocycles. The normalized spacial score (nSPS) is 19.9. The molecule has 1 aromatic rings. The number of para-hydroxylation sites is 1. The minimum Gasteiger partial charge on any atom is -0.255 e. The molecule has 0 amide bonds. The largest absolute Gasteiger partial charge is 0.301 e. The van der Waals surface area contributed by atoms with Crippen LogP contribution >= 0.6 is 15.9 Å². The third kappa shape index (κ3) is 1.65. The molecule has 0 unspecified atom stereocenters. The standard InChI is InChI=1S/C8H9BrN2O2S/c9-7-3-1-2-4-8(7)11-6-5-10-14(11,12)13/h1-4,10H,5-6H2. The van der Waals surface area contributed by atoms with E-state index in [1.807, 2.05) is 18.2 Å². The number of hydrogen-bond donors (Lipinski definition) is 1. The zero-order valence-corrected chi connectivity index (χ0v) is 9.68. The van der Waals surface area contributed by atoms with Crippen molar-refractivity contribution in [2.75, 3.05) is 17.4 Å². The van der Waals surface area contributed by atoms with E-state index in [1.165, 1.54) is 4.31 Å². The predicted molar refractivity (Wildman–Crippen MR) is 58.4 cm³/mol. The molecular formula is C8H9BrN2O2S. The van der Waals surface area contributed by atoms with Gasteiger partial charge in [-0.25, -0.2) is 0 Å². The Morgan fingerprint density at radius 2 is 2.07 bits per heavy atom. The Hall–Kier alpha value is -0.590. The van der Waals surface area contributed by atoms with E-state index in [4.69, 9.17) is 0 Å². The maximum absolute atomic E-state index is 11.5. The molecule has 0 atom stereocenters. The third-order valence-electron chi connectivity index (χ3n) is 2.01. The summed E-state index contributed by atoms with van der Waals surface area (Å²) < 4.78 is 27.6. The Morgan fingerprint density at radius 3 is 2.64 bits per heavy atom. The summed E-state index contributed by atoms with van der Waals surface area (Å²) in [5, 5.41) is 0. The maximum Gasteiger partial charge on any atom is 0.301 e. The topological polar surface area (TPSA) is 49.4 Å². The van der Waals surface area contributed by atoms with Crippen molar-refractivity contribution in [3.05, 3.63) is 28.7 Å². The number of halogens is 1. The van der Waals surface area contributed by atoms with Gasteiger partial charge < -0.3 is 0 Å². The lowest BCUT2D eigenvalue weighted by molar-refractivity contribution is 0.591. The second kappa shape index (κ2) is 3.52. The minimum atomic E-state index is -3.31. The molecule has 0 bridgehead atoms. The Balaban J connectivity index is 2.46. The number of nitrogens with one attached hydrogen (secondary N) is 1. The number of nitrogens with zero attached hydrogens (tertiary/aromatic N) is 1. The van der Waals surface area contributed by atoms with Gasteiger partial charge in [0.15, 0.2) is 0 Å². The zero-order valence-electron chi connectivity index (χ0n) is 7.27. The smallest absolute Gasteiger partial charge is 0.255 e. The van der Waals surface area contributed by atoms with Crippen molar-refractivity contribution in [1.29, 1.82) is 0 Å². The van der Waals surface area contributed by atoms with Crippen LogP contribution in [0.5, 0.6) is 0 Å². The highest BCUT2D eigenvalue weighted by Crippen LogP contribution is 2.28. The lowest BCUT2D eigenvalue weighted by atomic mass is 10.3. The molecule has 0 aliphatic carbocycles. The molecule has 1 saturated heterocycles. The van der Waals surface area contributed by atoms with Crippen molar-refractivity contribution in [2.24, 2.45) is 0 Å². The van der Waals surface area contributed by atoms with Gasteiger partial charge in [0.25, 0.3) is 0 Å². The average molecular weight is 277 g/mol. The van der Waals surface area contributed by atoms with Gasteiger partial charge in [-0.3, -0.25) is 4.31 Å². The first kappa shape index (κ1) is 9.95. The summed E-state index contributed by atoms with van der Waals surface area (Å²) in [6.45, 7) is 0.939. The van der Waals surface area contributed by atoms with Crippen molar-refractivity contribution >= 4 is 31.8 Å². The first-order valence-corrected chi connectivity index (χ1v) is 6.36. The molecule has 4 nitrogen and oxygen atoms in total. The lowest BCUT2D eigenvalue weighted by Crippen LogP contribution is -2.29. The minimum absolute atomic E-state index is 0.462. The van der Waals surface area contributed by atoms with Crippen molar-refractivity contribution in [3.8, 4) is 0 Å². The van der Waals surface area contributed by atoms with Crippen LogP contribution in [0.15, 0.2) is 28.7 Å². The monoisotopic (exact) mass is 276 g/mol. The summed E-state index contributed by atoms with van der Waals surface area (Å²) in [5.41, 5.74) is 0.678. The van der Waals surface area contributed by atoms with Crippen LogP contribution < -0.4 is 9.03 Å². The van der Waals surface area contributed by atoms with Crippen LogP contribution in [-0.4, -0.2) is 21.5 Å². The van der Waals surface area contributed by atoms with Gasteiger partial charge in [0, 0.05) is 17.6 Å². The van der Waals surface area contributed by atoms with Gasteiger partial charge in [-0.05, 0) is 28.1 Å². The molecule has 0 aromatic heterocycles. The first-order valence-electron chi connectivity index (χ1n) is 4.13. The molecule has 2 rings (SSSR count). The molecule has 1 fully saturated rings. The van der Waals surface area contributed by atoms with Crippen LogP contribution in [0.3, 0.4) is 0 Å². The quantitative estimate of drug-likeness (QED) is 0.835. The average Bonchev–Trinajstić information content (AvgIpc) is 2.46. The van der Waals surface area contributed by atoms with Crippen LogP contribution in [0.25, 0.3) is 0 Å². The van der Waals surface area contributed by atoms with E-state index in [9.17, 15) is 8.42 Å². The van der Waals surface area contributed by atoms with Gasteiger partial charge in [0.2, 0.25) is 0 Å². The summed E-state index contributed by atoms with van der Waals surface area (Å²) in [6.07, 6.45) is 0. The van der Waals surface area contributed by atoms with E-state index in [0.717, 1.165) is 4.47 Å². The molecule has 1 heterocycles. The van der Waals surface area contributed by atoms with E-state index < -0.39 is 10.2 Å². The third-order valence-corrected chi connectivity index (χ3v) is 4.21. The Morgan fingerprint density at radius 1 is 1.36 bits per heavy atom. The molecule has 76 valence electrons. The molecule has 0 saturated carbocycles. The van der Waals surface area contributed by atoms with Crippen molar-refractivity contribution in [3.63, 3.8) is 0 Å². The second-order valence-electron chi connectivity index (χ2n) is 2.92. The van der Waals surface area contributed by atoms with Crippen LogP contribution in [0.1, 0.15) is 0 Å². The van der Waals surface area contributed by atoms with E-state index in [-0.39, 0.29) is 0 Å². The summed E-state index contributed by atoms with van der Waals surface area (Å²) in [5.74, 6) is 0. The molecule has 1 aromatic carbocycles. The molecule has 0 radical (unpaired) electrons. The fourth-order valence-electron chi connectivity index (χ4n) is 1.38. The van der Waals surface area contributed by atoms with Crippen molar-refractivity contribution < 1.29 is 8.42 Å². The summed E-state index contributed by atoms with van der Waals surface area (Å²) in [4.78, 5) is 0. The maximum atomic E-state index is 11.5. The van der Waals surface area contributed by atoms with Gasteiger partial charge in [0.05, 0.1) is 5.69 Å². The van der Waals surface area contributed by atoms with E-state index in [1.54, 1.807) is 6.07 Å². The highest BCUT2D eigenvalue weighted by atomic mass is 79.9. The van der Waals surface area contributed by atoms with Crippen molar-refractivity contribution in [2.45, 2.75) is 0 Å². The lowest BCUT2D eigenvalue weighted by Gasteiger charge is -2.16. The van der Waals surface area contributed by atoms with Crippen LogP contribution in [-0.2, 0) is 10.2 Å². The SMILES string of the molecule is O=S1(=O)NCCN1c1ccccc1Br. The van der Waals surface area contributed by atoms with Crippen molar-refractivity contribution in [1.82, 2.24) is 4.72 Å². The van der Waals surface area contributed by atoms with Gasteiger partial charge >= 0.3 is 10.2 Å². The van der Waals surface area contributed by atoms with Crippen LogP contribution in [0.4, 0.5) is 5.69 Å². The number of benzene rings is 1. The molecule has 1 N–H and O–H groups in total. The number of anilines is 1. The van der Waals surface area contributed by atoms with Gasteiger partial charge in [-0.15, -0.1) is 0 Å². The summed E-state index contributed by atoms with van der Waals surface area (Å²) in [7, 11) is -3.31. The van der Waals surface area contributed by atoms with E-state index in [2.05, 4.69) is 20.7 Å². The van der Waals surface area contributed by atoms with Gasteiger partial charge in [0.1, 0.15) is 0 Å². The highest BCUT2D eigenvalue weighted by molar-refractivity contribution is 9.10. The summed E-state index contributed by atoms with van der Waals surface area (Å²) in [6, 6.07) is 7.26. The van der Waals surface area contributed by atoms with Gasteiger partial charge in [-0.1, -0.05) is 12.1 Å². The Labute approximate surface area is 91.2 Å². The molecule has 6 heteroatoms. The molecule has 14 heavy (non-hydrogen) atoms. The van der Waals surface area contributed by atoms with E-state index >= 15 is 0 Å².